The number of hydrogen-bond donors (Lipinski definition) is 0. The third-order valence-electron chi connectivity index (χ3n) is 6.26. The fraction of sp³-hybridized carbons (Fsp3) is 0.500. The van der Waals surface area contributed by atoms with E-state index < -0.39 is 0 Å². The Morgan fingerprint density at radius 1 is 1.04 bits per heavy atom. The van der Waals surface area contributed by atoms with Crippen LogP contribution in [0.1, 0.15) is 38.5 Å². The van der Waals surface area contributed by atoms with Gasteiger partial charge in [0, 0.05) is 11.6 Å². The topological polar surface area (TPSA) is 39.2 Å². The highest BCUT2D eigenvalue weighted by molar-refractivity contribution is 5.83. The third kappa shape index (κ3) is 2.17. The van der Waals surface area contributed by atoms with Crippen LogP contribution in [-0.2, 0) is 4.79 Å². The summed E-state index contributed by atoms with van der Waals surface area (Å²) in [6.45, 7) is 0. The summed E-state index contributed by atoms with van der Waals surface area (Å²) >= 11 is 0. The number of ether oxygens (including phenoxy) is 1. The highest BCUT2D eigenvalue weighted by Crippen LogP contribution is 2.60. The van der Waals surface area contributed by atoms with Crippen molar-refractivity contribution in [2.45, 2.75) is 38.5 Å². The fourth-order valence-corrected chi connectivity index (χ4v) is 5.69. The first-order valence-electron chi connectivity index (χ1n) is 8.77. The maximum Gasteiger partial charge on any atom is 0.317 e. The predicted molar refractivity (Wildman–Crippen MR) is 88.0 cm³/mol. The molecule has 3 heteroatoms. The van der Waals surface area contributed by atoms with Gasteiger partial charge < -0.3 is 4.74 Å². The molecule has 23 heavy (non-hydrogen) atoms. The molecule has 0 saturated heterocycles. The van der Waals surface area contributed by atoms with Crippen LogP contribution in [0.15, 0.2) is 36.5 Å². The van der Waals surface area contributed by atoms with Crippen molar-refractivity contribution in [2.75, 3.05) is 0 Å². The molecule has 0 radical (unpaired) electrons. The molecular formula is C20H21NO2. The quantitative estimate of drug-likeness (QED) is 0.611. The molecule has 0 N–H and O–H groups in total. The van der Waals surface area contributed by atoms with Gasteiger partial charge in [0.2, 0.25) is 0 Å². The van der Waals surface area contributed by atoms with E-state index in [1.165, 1.54) is 19.3 Å². The Balaban J connectivity index is 1.42. The van der Waals surface area contributed by atoms with Gasteiger partial charge in [0.1, 0.15) is 5.75 Å². The largest absolute Gasteiger partial charge is 0.426 e. The van der Waals surface area contributed by atoms with Gasteiger partial charge in [0.15, 0.2) is 0 Å². The zero-order valence-electron chi connectivity index (χ0n) is 13.2. The van der Waals surface area contributed by atoms with Crippen LogP contribution in [0.4, 0.5) is 0 Å². The summed E-state index contributed by atoms with van der Waals surface area (Å²) in [6, 6.07) is 9.64. The fourth-order valence-electron chi connectivity index (χ4n) is 5.69. The van der Waals surface area contributed by atoms with Crippen LogP contribution in [0, 0.1) is 23.2 Å². The lowest BCUT2D eigenvalue weighted by Gasteiger charge is -2.55. The van der Waals surface area contributed by atoms with E-state index in [4.69, 9.17) is 4.74 Å². The number of carbonyl (C=O) groups is 1. The number of hydrogen-bond acceptors (Lipinski definition) is 3. The maximum atomic E-state index is 13.0. The highest BCUT2D eigenvalue weighted by Gasteiger charge is 2.55. The van der Waals surface area contributed by atoms with Gasteiger partial charge in [-0.1, -0.05) is 6.07 Å². The molecule has 4 aliphatic carbocycles. The summed E-state index contributed by atoms with van der Waals surface area (Å²) in [6.07, 6.45) is 8.95. The normalized spacial score (nSPS) is 34.7. The summed E-state index contributed by atoms with van der Waals surface area (Å²) in [5, 5.41) is 1.02. The number of esters is 1. The molecule has 3 nitrogen and oxygen atoms in total. The van der Waals surface area contributed by atoms with Crippen molar-refractivity contribution < 1.29 is 9.53 Å². The van der Waals surface area contributed by atoms with Gasteiger partial charge in [-0.2, -0.15) is 0 Å². The zero-order chi connectivity index (χ0) is 15.4. The van der Waals surface area contributed by atoms with E-state index in [0.717, 1.165) is 47.9 Å². The lowest BCUT2D eigenvalue weighted by molar-refractivity contribution is -0.161. The SMILES string of the molecule is O=C(Oc1ccc2ncccc2c1)C12CC3CC(CC(C3)C1)C2. The monoisotopic (exact) mass is 307 g/mol. The molecule has 0 aliphatic heterocycles. The van der Waals surface area contributed by atoms with Gasteiger partial charge in [-0.25, -0.2) is 0 Å². The Labute approximate surface area is 136 Å². The molecule has 6 rings (SSSR count). The second-order valence-electron chi connectivity index (χ2n) is 7.95. The van der Waals surface area contributed by atoms with Crippen molar-refractivity contribution in [3.63, 3.8) is 0 Å². The second kappa shape index (κ2) is 4.80. The van der Waals surface area contributed by atoms with Crippen LogP contribution in [0.2, 0.25) is 0 Å². The number of nitrogens with zero attached hydrogens (tertiary/aromatic N) is 1. The summed E-state index contributed by atoms with van der Waals surface area (Å²) in [7, 11) is 0. The number of benzene rings is 1. The minimum Gasteiger partial charge on any atom is -0.426 e. The lowest BCUT2D eigenvalue weighted by Crippen LogP contribution is -2.51. The summed E-state index contributed by atoms with van der Waals surface area (Å²) in [5.74, 6) is 2.95. The summed E-state index contributed by atoms with van der Waals surface area (Å²) < 4.78 is 5.84. The molecule has 0 atom stereocenters. The highest BCUT2D eigenvalue weighted by atomic mass is 16.5. The average molecular weight is 307 g/mol. The molecule has 4 aliphatic rings. The molecule has 118 valence electrons. The van der Waals surface area contributed by atoms with Crippen molar-refractivity contribution >= 4 is 16.9 Å². The number of aromatic nitrogens is 1. The van der Waals surface area contributed by atoms with Gasteiger partial charge in [0.05, 0.1) is 10.9 Å². The molecule has 2 aromatic rings. The third-order valence-corrected chi connectivity index (χ3v) is 6.26. The van der Waals surface area contributed by atoms with Crippen LogP contribution in [-0.4, -0.2) is 11.0 Å². The second-order valence-corrected chi connectivity index (χ2v) is 7.95. The molecule has 0 spiro atoms. The molecular weight excluding hydrogens is 286 g/mol. The minimum absolute atomic E-state index is 0.0137. The average Bonchev–Trinajstić information content (AvgIpc) is 2.53. The Hall–Kier alpha value is -1.90. The van der Waals surface area contributed by atoms with Gasteiger partial charge in [-0.3, -0.25) is 9.78 Å². The maximum absolute atomic E-state index is 13.0. The van der Waals surface area contributed by atoms with Gasteiger partial charge in [0.25, 0.3) is 0 Å². The van der Waals surface area contributed by atoms with E-state index in [-0.39, 0.29) is 11.4 Å². The van der Waals surface area contributed by atoms with Crippen molar-refractivity contribution in [1.82, 2.24) is 4.98 Å². The zero-order valence-corrected chi connectivity index (χ0v) is 13.2. The Morgan fingerprint density at radius 3 is 2.43 bits per heavy atom. The van der Waals surface area contributed by atoms with Crippen molar-refractivity contribution in [3.8, 4) is 5.75 Å². The van der Waals surface area contributed by atoms with E-state index in [0.29, 0.717) is 5.75 Å². The van der Waals surface area contributed by atoms with E-state index in [1.807, 2.05) is 30.3 Å². The van der Waals surface area contributed by atoms with E-state index in [1.54, 1.807) is 6.20 Å². The first kappa shape index (κ1) is 13.5. The van der Waals surface area contributed by atoms with Crippen molar-refractivity contribution in [1.29, 1.82) is 0 Å². The molecule has 1 aromatic carbocycles. The number of carbonyl (C=O) groups excluding carboxylic acids is 1. The molecule has 0 unspecified atom stereocenters. The van der Waals surface area contributed by atoms with Crippen LogP contribution < -0.4 is 4.74 Å². The van der Waals surface area contributed by atoms with Crippen molar-refractivity contribution in [2.24, 2.45) is 23.2 Å². The standard InChI is InChI=1S/C20H21NO2/c22-19(20-10-13-6-14(11-20)8-15(7-13)12-20)23-17-3-4-18-16(9-17)2-1-5-21-18/h1-5,9,13-15H,6-8,10-12H2. The van der Waals surface area contributed by atoms with Gasteiger partial charge in [-0.15, -0.1) is 0 Å². The Bertz CT molecular complexity index is 747. The molecule has 1 aromatic heterocycles. The Kier molecular flexibility index (Phi) is 2.82. The number of rotatable bonds is 2. The van der Waals surface area contributed by atoms with Crippen LogP contribution in [0.25, 0.3) is 10.9 Å². The first-order chi connectivity index (χ1) is 11.2. The van der Waals surface area contributed by atoms with Crippen molar-refractivity contribution in [3.05, 3.63) is 36.5 Å². The van der Waals surface area contributed by atoms with Crippen LogP contribution >= 0.6 is 0 Å². The predicted octanol–water partition coefficient (Wildman–Crippen LogP) is 4.36. The van der Waals surface area contributed by atoms with Crippen LogP contribution in [0.3, 0.4) is 0 Å². The Morgan fingerprint density at radius 2 is 1.74 bits per heavy atom. The smallest absolute Gasteiger partial charge is 0.317 e. The molecule has 0 amide bonds. The summed E-state index contributed by atoms with van der Waals surface area (Å²) in [5.41, 5.74) is 0.737. The number of fused-ring (bicyclic) bond motifs is 1. The van der Waals surface area contributed by atoms with E-state index >= 15 is 0 Å². The first-order valence-corrected chi connectivity index (χ1v) is 8.77. The van der Waals surface area contributed by atoms with E-state index in [2.05, 4.69) is 4.98 Å². The van der Waals surface area contributed by atoms with E-state index in [9.17, 15) is 4.79 Å². The lowest BCUT2D eigenvalue weighted by atomic mass is 9.49. The molecule has 4 bridgehead atoms. The molecule has 4 saturated carbocycles. The van der Waals surface area contributed by atoms with Crippen LogP contribution in [0.5, 0.6) is 5.75 Å². The summed E-state index contributed by atoms with van der Waals surface area (Å²) in [4.78, 5) is 17.3. The van der Waals surface area contributed by atoms with Gasteiger partial charge >= 0.3 is 5.97 Å². The molecule has 1 heterocycles. The number of pyridine rings is 1. The molecule has 4 fully saturated rings. The van der Waals surface area contributed by atoms with Gasteiger partial charge in [-0.05, 0) is 80.5 Å². The minimum atomic E-state index is -0.196.